The molecule has 0 radical (unpaired) electrons. The Morgan fingerprint density at radius 1 is 1.42 bits per heavy atom. The first-order chi connectivity index (χ1) is 8.97. The number of aromatic nitrogens is 1. The Hall–Kier alpha value is -1.96. The predicted molar refractivity (Wildman–Crippen MR) is 70.2 cm³/mol. The van der Waals surface area contributed by atoms with Crippen LogP contribution in [0, 0.1) is 0 Å². The van der Waals surface area contributed by atoms with Gasteiger partial charge < -0.3 is 15.7 Å². The number of carbonyl (C=O) groups is 3. The van der Waals surface area contributed by atoms with Crippen molar-refractivity contribution in [2.75, 3.05) is 5.32 Å². The third kappa shape index (κ3) is 4.32. The summed E-state index contributed by atoms with van der Waals surface area (Å²) in [6, 6.07) is -0.942. The number of carbonyl (C=O) groups excluding carboxylic acids is 2. The van der Waals surface area contributed by atoms with Crippen LogP contribution < -0.4 is 10.6 Å². The first-order valence-electron chi connectivity index (χ1n) is 5.77. The predicted octanol–water partition coefficient (Wildman–Crippen LogP) is 1.08. The highest BCUT2D eigenvalue weighted by Crippen LogP contribution is 2.15. The maximum absolute atomic E-state index is 11.7. The SMILES string of the molecule is CCC(=O)Nc1nc(C(=O)NC(CC)C(=O)O)cs1. The van der Waals surface area contributed by atoms with E-state index in [1.807, 2.05) is 0 Å². The van der Waals surface area contributed by atoms with Crippen LogP contribution in [0.4, 0.5) is 5.13 Å². The van der Waals surface area contributed by atoms with Gasteiger partial charge in [0.2, 0.25) is 5.91 Å². The zero-order valence-electron chi connectivity index (χ0n) is 10.6. The van der Waals surface area contributed by atoms with E-state index in [0.717, 1.165) is 11.3 Å². The summed E-state index contributed by atoms with van der Waals surface area (Å²) < 4.78 is 0. The lowest BCUT2D eigenvalue weighted by molar-refractivity contribution is -0.139. The van der Waals surface area contributed by atoms with Crippen LogP contribution in [0.3, 0.4) is 0 Å². The summed E-state index contributed by atoms with van der Waals surface area (Å²) in [5.41, 5.74) is 0.0936. The summed E-state index contributed by atoms with van der Waals surface area (Å²) in [6.07, 6.45) is 0.600. The molecular formula is C11H15N3O4S. The fourth-order valence-corrected chi connectivity index (χ4v) is 1.92. The second-order valence-electron chi connectivity index (χ2n) is 3.71. The topological polar surface area (TPSA) is 108 Å². The molecule has 1 heterocycles. The molecule has 1 aromatic heterocycles. The fraction of sp³-hybridized carbons (Fsp3) is 0.455. The molecule has 0 aromatic carbocycles. The molecule has 104 valence electrons. The van der Waals surface area contributed by atoms with Crippen molar-refractivity contribution in [2.24, 2.45) is 0 Å². The number of carboxylic acids is 1. The maximum Gasteiger partial charge on any atom is 0.326 e. The summed E-state index contributed by atoms with van der Waals surface area (Å²) >= 11 is 1.11. The summed E-state index contributed by atoms with van der Waals surface area (Å²) in [5, 5.41) is 15.5. The van der Waals surface area contributed by atoms with Gasteiger partial charge in [0.1, 0.15) is 11.7 Å². The first-order valence-corrected chi connectivity index (χ1v) is 6.64. The minimum Gasteiger partial charge on any atom is -0.480 e. The number of hydrogen-bond acceptors (Lipinski definition) is 5. The summed E-state index contributed by atoms with van der Waals surface area (Å²) in [6.45, 7) is 3.36. The quantitative estimate of drug-likeness (QED) is 0.725. The zero-order valence-corrected chi connectivity index (χ0v) is 11.4. The molecule has 0 saturated carbocycles. The van der Waals surface area contributed by atoms with Crippen LogP contribution in [0.2, 0.25) is 0 Å². The van der Waals surface area contributed by atoms with Gasteiger partial charge in [-0.25, -0.2) is 9.78 Å². The number of carboxylic acid groups (broad SMARTS) is 1. The standard InChI is InChI=1S/C11H15N3O4S/c1-3-6(10(17)18)12-9(16)7-5-19-11(13-7)14-8(15)4-2/h5-6H,3-4H2,1-2H3,(H,12,16)(H,17,18)(H,13,14,15). The van der Waals surface area contributed by atoms with Crippen LogP contribution in [0.25, 0.3) is 0 Å². The van der Waals surface area contributed by atoms with Crippen LogP contribution >= 0.6 is 11.3 Å². The van der Waals surface area contributed by atoms with Gasteiger partial charge in [-0.1, -0.05) is 13.8 Å². The maximum atomic E-state index is 11.7. The molecule has 0 saturated heterocycles. The Bertz CT molecular complexity index is 486. The molecule has 0 aliphatic rings. The van der Waals surface area contributed by atoms with E-state index in [-0.39, 0.29) is 18.0 Å². The lowest BCUT2D eigenvalue weighted by Crippen LogP contribution is -2.40. The number of nitrogens with zero attached hydrogens (tertiary/aromatic N) is 1. The number of hydrogen-bond donors (Lipinski definition) is 3. The average Bonchev–Trinajstić information content (AvgIpc) is 2.83. The summed E-state index contributed by atoms with van der Waals surface area (Å²) in [5.74, 6) is -1.86. The minimum atomic E-state index is -1.09. The van der Waals surface area contributed by atoms with Gasteiger partial charge in [0.05, 0.1) is 0 Å². The van der Waals surface area contributed by atoms with Crippen molar-refractivity contribution in [2.45, 2.75) is 32.7 Å². The molecule has 0 fully saturated rings. The van der Waals surface area contributed by atoms with Gasteiger partial charge in [-0.3, -0.25) is 9.59 Å². The second kappa shape index (κ2) is 6.83. The van der Waals surface area contributed by atoms with E-state index in [1.54, 1.807) is 13.8 Å². The van der Waals surface area contributed by atoms with Gasteiger partial charge in [-0.05, 0) is 6.42 Å². The Morgan fingerprint density at radius 3 is 2.63 bits per heavy atom. The molecule has 8 heteroatoms. The zero-order chi connectivity index (χ0) is 14.4. The van der Waals surface area contributed by atoms with E-state index in [9.17, 15) is 14.4 Å². The van der Waals surface area contributed by atoms with Crippen molar-refractivity contribution in [1.29, 1.82) is 0 Å². The van der Waals surface area contributed by atoms with Crippen molar-refractivity contribution in [1.82, 2.24) is 10.3 Å². The molecule has 7 nitrogen and oxygen atoms in total. The van der Waals surface area contributed by atoms with Crippen molar-refractivity contribution in [3.63, 3.8) is 0 Å². The van der Waals surface area contributed by atoms with Crippen LogP contribution in [-0.2, 0) is 9.59 Å². The number of aliphatic carboxylic acids is 1. The van der Waals surface area contributed by atoms with Gasteiger partial charge in [-0.2, -0.15) is 0 Å². The third-order valence-corrected chi connectivity index (χ3v) is 3.07. The summed E-state index contributed by atoms with van der Waals surface area (Å²) in [7, 11) is 0. The monoisotopic (exact) mass is 285 g/mol. The minimum absolute atomic E-state index is 0.0936. The highest BCUT2D eigenvalue weighted by Gasteiger charge is 2.20. The normalized spacial score (nSPS) is 11.7. The number of amides is 2. The molecular weight excluding hydrogens is 270 g/mol. The Kier molecular flexibility index (Phi) is 5.43. The van der Waals surface area contributed by atoms with E-state index >= 15 is 0 Å². The Labute approximate surface area is 114 Å². The molecule has 19 heavy (non-hydrogen) atoms. The van der Waals surface area contributed by atoms with E-state index in [4.69, 9.17) is 5.11 Å². The fourth-order valence-electron chi connectivity index (χ4n) is 1.21. The second-order valence-corrected chi connectivity index (χ2v) is 4.57. The van der Waals surface area contributed by atoms with Gasteiger partial charge in [0.15, 0.2) is 5.13 Å². The number of nitrogens with one attached hydrogen (secondary N) is 2. The van der Waals surface area contributed by atoms with Crippen LogP contribution in [-0.4, -0.2) is 33.9 Å². The molecule has 1 atom stereocenters. The first kappa shape index (κ1) is 15.1. The van der Waals surface area contributed by atoms with Gasteiger partial charge in [-0.15, -0.1) is 11.3 Å². The van der Waals surface area contributed by atoms with E-state index in [2.05, 4.69) is 15.6 Å². The third-order valence-electron chi connectivity index (χ3n) is 2.32. The van der Waals surface area contributed by atoms with Crippen LogP contribution in [0.1, 0.15) is 37.2 Å². The van der Waals surface area contributed by atoms with E-state index in [1.165, 1.54) is 5.38 Å². The largest absolute Gasteiger partial charge is 0.480 e. The molecule has 0 spiro atoms. The van der Waals surface area contributed by atoms with Crippen molar-refractivity contribution in [3.8, 4) is 0 Å². The van der Waals surface area contributed by atoms with Gasteiger partial charge in [0, 0.05) is 11.8 Å². The molecule has 0 bridgehead atoms. The van der Waals surface area contributed by atoms with Crippen LogP contribution in [0.15, 0.2) is 5.38 Å². The number of rotatable bonds is 6. The highest BCUT2D eigenvalue weighted by atomic mass is 32.1. The number of anilines is 1. The summed E-state index contributed by atoms with van der Waals surface area (Å²) in [4.78, 5) is 37.6. The van der Waals surface area contributed by atoms with E-state index in [0.29, 0.717) is 11.6 Å². The lowest BCUT2D eigenvalue weighted by atomic mass is 10.2. The molecule has 0 aliphatic carbocycles. The Balaban J connectivity index is 2.68. The lowest BCUT2D eigenvalue weighted by Gasteiger charge is -2.10. The molecule has 1 aromatic rings. The average molecular weight is 285 g/mol. The van der Waals surface area contributed by atoms with Crippen molar-refractivity contribution < 1.29 is 19.5 Å². The van der Waals surface area contributed by atoms with Crippen molar-refractivity contribution in [3.05, 3.63) is 11.1 Å². The smallest absolute Gasteiger partial charge is 0.326 e. The molecule has 1 rings (SSSR count). The molecule has 2 amide bonds. The molecule has 3 N–H and O–H groups in total. The van der Waals surface area contributed by atoms with Crippen molar-refractivity contribution >= 4 is 34.3 Å². The molecule has 1 unspecified atom stereocenters. The highest BCUT2D eigenvalue weighted by molar-refractivity contribution is 7.14. The number of thiazole rings is 1. The van der Waals surface area contributed by atoms with Gasteiger partial charge in [0.25, 0.3) is 5.91 Å². The van der Waals surface area contributed by atoms with E-state index < -0.39 is 17.9 Å². The Morgan fingerprint density at radius 2 is 2.11 bits per heavy atom. The van der Waals surface area contributed by atoms with Gasteiger partial charge >= 0.3 is 5.97 Å². The van der Waals surface area contributed by atoms with Crippen LogP contribution in [0.5, 0.6) is 0 Å². The molecule has 0 aliphatic heterocycles.